The fraction of sp³-hybridized carbons (Fsp3) is 0.500. The van der Waals surface area contributed by atoms with Gasteiger partial charge < -0.3 is 16.4 Å². The molecule has 2 amide bonds. The van der Waals surface area contributed by atoms with Gasteiger partial charge in [0.1, 0.15) is 0 Å². The minimum absolute atomic E-state index is 0. The highest BCUT2D eigenvalue weighted by Crippen LogP contribution is 2.30. The molecule has 1 aliphatic carbocycles. The summed E-state index contributed by atoms with van der Waals surface area (Å²) in [6, 6.07) is 6.87. The number of carbonyl (C=O) groups is 2. The lowest BCUT2D eigenvalue weighted by atomic mass is 9.95. The highest BCUT2D eigenvalue weighted by atomic mass is 35.5. The van der Waals surface area contributed by atoms with Crippen molar-refractivity contribution in [3.05, 3.63) is 34.9 Å². The van der Waals surface area contributed by atoms with E-state index < -0.39 is 0 Å². The van der Waals surface area contributed by atoms with Crippen LogP contribution in [0.15, 0.2) is 24.3 Å². The largest absolute Gasteiger partial charge is 0.354 e. The van der Waals surface area contributed by atoms with Crippen LogP contribution in [0.25, 0.3) is 0 Å². The Labute approximate surface area is 147 Å². The zero-order chi connectivity index (χ0) is 15.9. The van der Waals surface area contributed by atoms with Gasteiger partial charge in [0.2, 0.25) is 5.91 Å². The lowest BCUT2D eigenvalue weighted by Crippen LogP contribution is -2.39. The van der Waals surface area contributed by atoms with Crippen molar-refractivity contribution in [3.8, 4) is 0 Å². The van der Waals surface area contributed by atoms with E-state index >= 15 is 0 Å². The second-order valence-corrected chi connectivity index (χ2v) is 5.97. The van der Waals surface area contributed by atoms with E-state index in [1.165, 1.54) is 0 Å². The standard InChI is InChI=1S/C16H22ClN3O2.ClH/c17-14-7-2-1-5-13(14)16(22)20-9-8-19-15(21)12-6-3-4-11(12)10-18;/h1-2,5,7,11-12H,3-4,6,8-10,18H2,(H,19,21)(H,20,22);1H/t11-,12-;/m1./s1. The molecule has 2 atom stereocenters. The molecule has 1 fully saturated rings. The Balaban J connectivity index is 0.00000264. The van der Waals surface area contributed by atoms with Crippen LogP contribution in [0.2, 0.25) is 5.02 Å². The van der Waals surface area contributed by atoms with Crippen molar-refractivity contribution in [2.75, 3.05) is 19.6 Å². The van der Waals surface area contributed by atoms with Gasteiger partial charge >= 0.3 is 0 Å². The van der Waals surface area contributed by atoms with E-state index in [-0.39, 0.29) is 36.1 Å². The first-order valence-electron chi connectivity index (χ1n) is 7.64. The molecule has 0 bridgehead atoms. The van der Waals surface area contributed by atoms with Gasteiger partial charge in [0.05, 0.1) is 10.6 Å². The first-order valence-corrected chi connectivity index (χ1v) is 8.01. The summed E-state index contributed by atoms with van der Waals surface area (Å²) in [6.45, 7) is 1.33. The summed E-state index contributed by atoms with van der Waals surface area (Å²) in [4.78, 5) is 24.0. The van der Waals surface area contributed by atoms with Crippen LogP contribution in [0, 0.1) is 11.8 Å². The average Bonchev–Trinajstić information content (AvgIpc) is 3.00. The molecule has 128 valence electrons. The van der Waals surface area contributed by atoms with E-state index in [0.29, 0.717) is 30.2 Å². The Morgan fingerprint density at radius 3 is 2.57 bits per heavy atom. The normalized spacial score (nSPS) is 19.7. The Bertz CT molecular complexity index is 540. The Morgan fingerprint density at radius 2 is 1.87 bits per heavy atom. The van der Waals surface area contributed by atoms with E-state index in [4.69, 9.17) is 17.3 Å². The fourth-order valence-electron chi connectivity index (χ4n) is 2.90. The predicted octanol–water partition coefficient (Wildman–Crippen LogP) is 1.98. The number of halogens is 2. The van der Waals surface area contributed by atoms with E-state index in [1.54, 1.807) is 24.3 Å². The van der Waals surface area contributed by atoms with Gasteiger partial charge in [0, 0.05) is 19.0 Å². The summed E-state index contributed by atoms with van der Waals surface area (Å²) in [6.07, 6.45) is 2.99. The maximum absolute atomic E-state index is 12.1. The van der Waals surface area contributed by atoms with Crippen molar-refractivity contribution >= 4 is 35.8 Å². The van der Waals surface area contributed by atoms with Crippen molar-refractivity contribution in [1.29, 1.82) is 0 Å². The first-order chi connectivity index (χ1) is 10.6. The van der Waals surface area contributed by atoms with E-state index in [0.717, 1.165) is 19.3 Å². The summed E-state index contributed by atoms with van der Waals surface area (Å²) in [5.74, 6) is 0.113. The highest BCUT2D eigenvalue weighted by molar-refractivity contribution is 6.33. The molecule has 1 aromatic rings. The van der Waals surface area contributed by atoms with E-state index in [1.807, 2.05) is 0 Å². The molecule has 1 saturated carbocycles. The quantitative estimate of drug-likeness (QED) is 0.679. The van der Waals surface area contributed by atoms with E-state index in [9.17, 15) is 9.59 Å². The lowest BCUT2D eigenvalue weighted by molar-refractivity contribution is -0.125. The fourth-order valence-corrected chi connectivity index (χ4v) is 3.12. The van der Waals surface area contributed by atoms with Gasteiger partial charge in [-0.15, -0.1) is 12.4 Å². The third-order valence-corrected chi connectivity index (χ3v) is 4.46. The summed E-state index contributed by atoms with van der Waals surface area (Å²) >= 11 is 5.96. The Morgan fingerprint density at radius 1 is 1.17 bits per heavy atom. The second-order valence-electron chi connectivity index (χ2n) is 5.56. The van der Waals surface area contributed by atoms with Crippen LogP contribution in [0.5, 0.6) is 0 Å². The van der Waals surface area contributed by atoms with Crippen LogP contribution >= 0.6 is 24.0 Å². The summed E-state index contributed by atoms with van der Waals surface area (Å²) in [5, 5.41) is 6.03. The zero-order valence-electron chi connectivity index (χ0n) is 12.9. The Kier molecular flexibility index (Phi) is 8.37. The SMILES string of the molecule is Cl.NC[C@H]1CCC[C@H]1C(=O)NCCNC(=O)c1ccccc1Cl. The molecule has 7 heteroatoms. The van der Waals surface area contributed by atoms with Gasteiger partial charge in [-0.3, -0.25) is 9.59 Å². The maximum atomic E-state index is 12.1. The zero-order valence-corrected chi connectivity index (χ0v) is 14.5. The Hall–Kier alpha value is -1.30. The van der Waals surface area contributed by atoms with Crippen molar-refractivity contribution < 1.29 is 9.59 Å². The molecule has 0 spiro atoms. The third-order valence-electron chi connectivity index (χ3n) is 4.13. The van der Waals surface area contributed by atoms with Crippen LogP contribution in [-0.2, 0) is 4.79 Å². The van der Waals surface area contributed by atoms with Gasteiger partial charge in [-0.2, -0.15) is 0 Å². The summed E-state index contributed by atoms with van der Waals surface area (Å²) < 4.78 is 0. The van der Waals surface area contributed by atoms with Gasteiger partial charge in [0.25, 0.3) is 5.91 Å². The molecule has 1 aromatic carbocycles. The molecule has 0 unspecified atom stereocenters. The topological polar surface area (TPSA) is 84.2 Å². The molecule has 0 radical (unpaired) electrons. The average molecular weight is 360 g/mol. The van der Waals surface area contributed by atoms with Crippen LogP contribution in [-0.4, -0.2) is 31.4 Å². The van der Waals surface area contributed by atoms with Crippen molar-refractivity contribution in [1.82, 2.24) is 10.6 Å². The monoisotopic (exact) mass is 359 g/mol. The second kappa shape index (κ2) is 9.75. The molecule has 0 heterocycles. The number of carbonyl (C=O) groups excluding carboxylic acids is 2. The number of benzene rings is 1. The number of nitrogens with two attached hydrogens (primary N) is 1. The molecule has 5 nitrogen and oxygen atoms in total. The molecular formula is C16H23Cl2N3O2. The number of amides is 2. The molecule has 1 aliphatic rings. The number of hydrogen-bond acceptors (Lipinski definition) is 3. The molecule has 23 heavy (non-hydrogen) atoms. The molecule has 0 aliphatic heterocycles. The summed E-state index contributed by atoms with van der Waals surface area (Å²) in [5.41, 5.74) is 6.12. The maximum Gasteiger partial charge on any atom is 0.252 e. The molecule has 2 rings (SSSR count). The molecule has 0 saturated heterocycles. The van der Waals surface area contributed by atoms with Crippen LogP contribution in [0.1, 0.15) is 29.6 Å². The molecule has 4 N–H and O–H groups in total. The molecular weight excluding hydrogens is 337 g/mol. The van der Waals surface area contributed by atoms with Gasteiger partial charge in [0.15, 0.2) is 0 Å². The minimum atomic E-state index is -0.236. The van der Waals surface area contributed by atoms with Crippen LogP contribution in [0.4, 0.5) is 0 Å². The highest BCUT2D eigenvalue weighted by Gasteiger charge is 2.31. The lowest BCUT2D eigenvalue weighted by Gasteiger charge is -2.17. The predicted molar refractivity (Wildman–Crippen MR) is 93.9 cm³/mol. The number of rotatable bonds is 6. The van der Waals surface area contributed by atoms with Crippen molar-refractivity contribution in [2.24, 2.45) is 17.6 Å². The van der Waals surface area contributed by atoms with Crippen molar-refractivity contribution in [3.63, 3.8) is 0 Å². The van der Waals surface area contributed by atoms with Gasteiger partial charge in [-0.05, 0) is 37.4 Å². The first kappa shape index (κ1) is 19.7. The third kappa shape index (κ3) is 5.37. The van der Waals surface area contributed by atoms with E-state index in [2.05, 4.69) is 10.6 Å². The van der Waals surface area contributed by atoms with Crippen LogP contribution in [0.3, 0.4) is 0 Å². The number of hydrogen-bond donors (Lipinski definition) is 3. The minimum Gasteiger partial charge on any atom is -0.354 e. The number of nitrogens with one attached hydrogen (secondary N) is 2. The van der Waals surface area contributed by atoms with Crippen LogP contribution < -0.4 is 16.4 Å². The smallest absolute Gasteiger partial charge is 0.252 e. The molecule has 0 aromatic heterocycles. The summed E-state index contributed by atoms with van der Waals surface area (Å²) in [7, 11) is 0. The van der Waals surface area contributed by atoms with Crippen molar-refractivity contribution in [2.45, 2.75) is 19.3 Å². The van der Waals surface area contributed by atoms with Gasteiger partial charge in [-0.25, -0.2) is 0 Å². The van der Waals surface area contributed by atoms with Gasteiger partial charge in [-0.1, -0.05) is 30.2 Å².